The molecule has 1 rings (SSSR count). The average molecular weight is 373 g/mol. The highest BCUT2D eigenvalue weighted by atomic mass is 35.5. The van der Waals surface area contributed by atoms with Crippen LogP contribution in [0.15, 0.2) is 18.2 Å². The molecule has 0 saturated carbocycles. The second kappa shape index (κ2) is 7.26. The zero-order valence-electron chi connectivity index (χ0n) is 15.0. The maximum Gasteiger partial charge on any atom is 0.424 e. The van der Waals surface area contributed by atoms with Gasteiger partial charge in [0.05, 0.1) is 9.95 Å². The van der Waals surface area contributed by atoms with Crippen LogP contribution in [0.5, 0.6) is 0 Å². The molecule has 8 nitrogen and oxygen atoms in total. The maximum atomic E-state index is 12.5. The van der Waals surface area contributed by atoms with Crippen molar-refractivity contribution in [2.75, 3.05) is 4.90 Å². The van der Waals surface area contributed by atoms with E-state index in [0.29, 0.717) is 4.90 Å². The van der Waals surface area contributed by atoms with E-state index in [4.69, 9.17) is 21.1 Å². The van der Waals surface area contributed by atoms with E-state index in [1.807, 2.05) is 0 Å². The smallest absolute Gasteiger partial charge is 0.424 e. The van der Waals surface area contributed by atoms with Crippen LogP contribution in [-0.2, 0) is 9.47 Å². The van der Waals surface area contributed by atoms with Crippen molar-refractivity contribution >= 4 is 35.2 Å². The van der Waals surface area contributed by atoms with Crippen molar-refractivity contribution in [3.63, 3.8) is 0 Å². The minimum absolute atomic E-state index is 0.161. The number of anilines is 1. The zero-order valence-corrected chi connectivity index (χ0v) is 15.7. The van der Waals surface area contributed by atoms with E-state index in [-0.39, 0.29) is 5.02 Å². The standard InChI is InChI=1S/C16H21ClN2O6/c1-15(2,3)24-13(20)18(14(21)25-16(4,5)6)12-10(17)8-7-9-11(12)19(22)23/h7-9H,1-6H3. The second-order valence-corrected chi connectivity index (χ2v) is 7.57. The number of amides is 2. The summed E-state index contributed by atoms with van der Waals surface area (Å²) in [6, 6.07) is 3.79. The van der Waals surface area contributed by atoms with Crippen LogP contribution < -0.4 is 4.90 Å². The number of carbonyl (C=O) groups excluding carboxylic acids is 2. The summed E-state index contributed by atoms with van der Waals surface area (Å²) in [5.74, 6) is 0. The molecule has 0 heterocycles. The predicted molar refractivity (Wildman–Crippen MR) is 93.1 cm³/mol. The summed E-state index contributed by atoms with van der Waals surface area (Å²) < 4.78 is 10.4. The molecule has 0 unspecified atom stereocenters. The first-order chi connectivity index (χ1) is 11.2. The number of halogens is 1. The Bertz CT molecular complexity index is 663. The van der Waals surface area contributed by atoms with Crippen molar-refractivity contribution in [1.29, 1.82) is 0 Å². The molecule has 25 heavy (non-hydrogen) atoms. The summed E-state index contributed by atoms with van der Waals surface area (Å²) in [5, 5.41) is 11.1. The van der Waals surface area contributed by atoms with Gasteiger partial charge in [-0.3, -0.25) is 10.1 Å². The molecule has 0 aliphatic carbocycles. The molecule has 0 aliphatic rings. The number of nitro benzene ring substituents is 1. The lowest BCUT2D eigenvalue weighted by Gasteiger charge is -2.28. The summed E-state index contributed by atoms with van der Waals surface area (Å²) in [6.07, 6.45) is -2.25. The van der Waals surface area contributed by atoms with Gasteiger partial charge in [-0.25, -0.2) is 9.59 Å². The topological polar surface area (TPSA) is 99.0 Å². The van der Waals surface area contributed by atoms with E-state index in [0.717, 1.165) is 6.07 Å². The van der Waals surface area contributed by atoms with E-state index in [1.54, 1.807) is 41.5 Å². The van der Waals surface area contributed by atoms with Crippen LogP contribution in [0.3, 0.4) is 0 Å². The fourth-order valence-electron chi connectivity index (χ4n) is 1.74. The molecule has 0 bridgehead atoms. The van der Waals surface area contributed by atoms with Crippen molar-refractivity contribution in [3.05, 3.63) is 33.3 Å². The van der Waals surface area contributed by atoms with Gasteiger partial charge in [-0.05, 0) is 47.6 Å². The minimum Gasteiger partial charge on any atom is -0.443 e. The average Bonchev–Trinajstić information content (AvgIpc) is 2.36. The Balaban J connectivity index is 3.50. The highest BCUT2D eigenvalue weighted by Crippen LogP contribution is 2.37. The third kappa shape index (κ3) is 5.90. The van der Waals surface area contributed by atoms with Gasteiger partial charge in [-0.1, -0.05) is 17.7 Å². The van der Waals surface area contributed by atoms with Crippen LogP contribution in [0.2, 0.25) is 5.02 Å². The maximum absolute atomic E-state index is 12.5. The summed E-state index contributed by atoms with van der Waals surface area (Å²) >= 11 is 6.04. The second-order valence-electron chi connectivity index (χ2n) is 7.16. The number of para-hydroxylation sites is 1. The molecule has 2 amide bonds. The third-order valence-electron chi connectivity index (χ3n) is 2.54. The van der Waals surface area contributed by atoms with Crippen molar-refractivity contribution in [1.82, 2.24) is 0 Å². The van der Waals surface area contributed by atoms with E-state index in [1.165, 1.54) is 12.1 Å². The number of hydrogen-bond acceptors (Lipinski definition) is 6. The van der Waals surface area contributed by atoms with E-state index in [2.05, 4.69) is 0 Å². The first-order valence-corrected chi connectivity index (χ1v) is 7.80. The normalized spacial score (nSPS) is 11.6. The molecule has 9 heteroatoms. The lowest BCUT2D eigenvalue weighted by molar-refractivity contribution is -0.384. The predicted octanol–water partition coefficient (Wildman–Crippen LogP) is 4.92. The van der Waals surface area contributed by atoms with Crippen LogP contribution >= 0.6 is 11.6 Å². The van der Waals surface area contributed by atoms with Gasteiger partial charge in [0.1, 0.15) is 11.2 Å². The molecule has 0 aliphatic heterocycles. The van der Waals surface area contributed by atoms with Gasteiger partial charge in [0.2, 0.25) is 0 Å². The van der Waals surface area contributed by atoms with Crippen LogP contribution in [0.4, 0.5) is 21.0 Å². The van der Waals surface area contributed by atoms with Gasteiger partial charge in [-0.2, -0.15) is 4.90 Å². The Kier molecular flexibility index (Phi) is 6.01. The van der Waals surface area contributed by atoms with E-state index >= 15 is 0 Å². The lowest BCUT2D eigenvalue weighted by atomic mass is 10.2. The largest absolute Gasteiger partial charge is 0.443 e. The fraction of sp³-hybridized carbons (Fsp3) is 0.500. The van der Waals surface area contributed by atoms with Crippen molar-refractivity contribution in [2.45, 2.75) is 52.7 Å². The number of rotatable bonds is 2. The molecule has 0 N–H and O–H groups in total. The Hall–Kier alpha value is -2.35. The van der Waals surface area contributed by atoms with Gasteiger partial charge in [0, 0.05) is 6.07 Å². The molecule has 0 saturated heterocycles. The molecule has 0 atom stereocenters. The number of nitrogens with zero attached hydrogens (tertiary/aromatic N) is 2. The van der Waals surface area contributed by atoms with Crippen LogP contribution in [0.1, 0.15) is 41.5 Å². The molecule has 0 fully saturated rings. The number of hydrogen-bond donors (Lipinski definition) is 0. The molecular formula is C16H21ClN2O6. The summed E-state index contributed by atoms with van der Waals surface area (Å²) in [6.45, 7) is 9.58. The summed E-state index contributed by atoms with van der Waals surface area (Å²) in [7, 11) is 0. The van der Waals surface area contributed by atoms with Gasteiger partial charge < -0.3 is 9.47 Å². The number of nitro groups is 1. The number of ether oxygens (including phenoxy) is 2. The molecule has 1 aromatic carbocycles. The highest BCUT2D eigenvalue weighted by Gasteiger charge is 2.38. The Morgan fingerprint density at radius 2 is 1.48 bits per heavy atom. The zero-order chi connectivity index (χ0) is 19.6. The summed E-state index contributed by atoms with van der Waals surface area (Å²) in [5.41, 5.74) is -2.80. The molecule has 1 aromatic rings. The quantitative estimate of drug-likeness (QED) is 0.539. The van der Waals surface area contributed by atoms with Crippen LogP contribution in [0.25, 0.3) is 0 Å². The first kappa shape index (κ1) is 20.7. The molecule has 0 spiro atoms. The molecular weight excluding hydrogens is 352 g/mol. The lowest BCUT2D eigenvalue weighted by Crippen LogP contribution is -2.44. The number of carbonyl (C=O) groups is 2. The highest BCUT2D eigenvalue weighted by molar-refractivity contribution is 6.35. The van der Waals surface area contributed by atoms with Crippen molar-refractivity contribution in [3.8, 4) is 0 Å². The van der Waals surface area contributed by atoms with Gasteiger partial charge >= 0.3 is 12.2 Å². The minimum atomic E-state index is -1.13. The third-order valence-corrected chi connectivity index (χ3v) is 2.84. The Labute approximate surface area is 150 Å². The number of benzene rings is 1. The molecule has 0 aromatic heterocycles. The molecule has 138 valence electrons. The monoisotopic (exact) mass is 372 g/mol. The summed E-state index contributed by atoms with van der Waals surface area (Å²) in [4.78, 5) is 36.1. The van der Waals surface area contributed by atoms with Crippen molar-refractivity contribution in [2.24, 2.45) is 0 Å². The van der Waals surface area contributed by atoms with Gasteiger partial charge in [0.15, 0.2) is 5.69 Å². The van der Waals surface area contributed by atoms with Crippen LogP contribution in [0, 0.1) is 10.1 Å². The Morgan fingerprint density at radius 3 is 1.84 bits per heavy atom. The van der Waals surface area contributed by atoms with Crippen molar-refractivity contribution < 1.29 is 24.0 Å². The van der Waals surface area contributed by atoms with Gasteiger partial charge in [-0.15, -0.1) is 0 Å². The molecule has 0 radical (unpaired) electrons. The number of imide groups is 1. The van der Waals surface area contributed by atoms with Crippen LogP contribution in [-0.4, -0.2) is 28.3 Å². The van der Waals surface area contributed by atoms with Gasteiger partial charge in [0.25, 0.3) is 5.69 Å². The fourth-order valence-corrected chi connectivity index (χ4v) is 2.00. The first-order valence-electron chi connectivity index (χ1n) is 7.42. The SMILES string of the molecule is CC(C)(C)OC(=O)N(C(=O)OC(C)(C)C)c1c(Cl)cccc1[N+](=O)[O-]. The van der Waals surface area contributed by atoms with E-state index < -0.39 is 39.7 Å². The van der Waals surface area contributed by atoms with E-state index in [9.17, 15) is 19.7 Å². The Morgan fingerprint density at radius 1 is 1.04 bits per heavy atom.